The summed E-state index contributed by atoms with van der Waals surface area (Å²) in [6.45, 7) is 0. The molecule has 0 saturated heterocycles. The molecule has 0 radical (unpaired) electrons. The van der Waals surface area contributed by atoms with Crippen molar-refractivity contribution >= 4 is 5.91 Å². The van der Waals surface area contributed by atoms with Crippen LogP contribution >= 0.6 is 0 Å². The smallest absolute Gasteiger partial charge is 0.257 e. The maximum Gasteiger partial charge on any atom is 0.257 e. The van der Waals surface area contributed by atoms with Gasteiger partial charge in [0.15, 0.2) is 0 Å². The van der Waals surface area contributed by atoms with Crippen molar-refractivity contribution < 1.29 is 9.18 Å². The van der Waals surface area contributed by atoms with Crippen molar-refractivity contribution in [2.45, 2.75) is 0 Å². The lowest BCUT2D eigenvalue weighted by Crippen LogP contribution is -2.21. The summed E-state index contributed by atoms with van der Waals surface area (Å²) in [4.78, 5) is 13.9. The zero-order valence-corrected chi connectivity index (χ0v) is 12.9. The molecule has 0 bridgehead atoms. The van der Waals surface area contributed by atoms with Crippen LogP contribution in [-0.4, -0.2) is 34.7 Å². The molecule has 116 valence electrons. The predicted molar refractivity (Wildman–Crippen MR) is 87.0 cm³/mol. The number of hydrogen-bond donors (Lipinski definition) is 0. The first kappa shape index (κ1) is 15.0. The van der Waals surface area contributed by atoms with Crippen molar-refractivity contribution in [3.63, 3.8) is 0 Å². The first-order valence-electron chi connectivity index (χ1n) is 7.19. The number of rotatable bonds is 3. The van der Waals surface area contributed by atoms with Crippen molar-refractivity contribution in [2.24, 2.45) is 0 Å². The lowest BCUT2D eigenvalue weighted by Gasteiger charge is -2.09. The van der Waals surface area contributed by atoms with Crippen LogP contribution in [0.1, 0.15) is 10.4 Å². The molecule has 0 spiro atoms. The molecule has 0 aliphatic carbocycles. The standard InChI is InChI=1S/C18H16FN3O/c1-21(2)18(23)16-12-22(15-6-4-3-5-7-15)20-17(16)13-8-10-14(19)11-9-13/h3-12H,1-2H3. The number of carbonyl (C=O) groups excluding carboxylic acids is 1. The quantitative estimate of drug-likeness (QED) is 0.744. The molecular weight excluding hydrogens is 293 g/mol. The Balaban J connectivity index is 2.14. The van der Waals surface area contributed by atoms with E-state index in [0.29, 0.717) is 16.8 Å². The maximum atomic E-state index is 13.2. The summed E-state index contributed by atoms with van der Waals surface area (Å²) >= 11 is 0. The van der Waals surface area contributed by atoms with E-state index in [0.717, 1.165) is 5.69 Å². The minimum absolute atomic E-state index is 0.147. The van der Waals surface area contributed by atoms with Crippen molar-refractivity contribution in [3.8, 4) is 16.9 Å². The molecule has 3 aromatic rings. The van der Waals surface area contributed by atoms with Crippen LogP contribution in [0.2, 0.25) is 0 Å². The number of aromatic nitrogens is 2. The van der Waals surface area contributed by atoms with E-state index in [1.807, 2.05) is 30.3 Å². The molecule has 23 heavy (non-hydrogen) atoms. The van der Waals surface area contributed by atoms with Gasteiger partial charge in [0, 0.05) is 25.9 Å². The van der Waals surface area contributed by atoms with Crippen LogP contribution in [-0.2, 0) is 0 Å². The van der Waals surface area contributed by atoms with Crippen molar-refractivity contribution in [2.75, 3.05) is 14.1 Å². The molecule has 0 atom stereocenters. The normalized spacial score (nSPS) is 10.6. The number of halogens is 1. The Morgan fingerprint density at radius 3 is 2.30 bits per heavy atom. The highest BCUT2D eigenvalue weighted by molar-refractivity contribution is 5.99. The van der Waals surface area contributed by atoms with Gasteiger partial charge in [-0.05, 0) is 36.4 Å². The summed E-state index contributed by atoms with van der Waals surface area (Å²) < 4.78 is 14.8. The number of nitrogens with zero attached hydrogens (tertiary/aromatic N) is 3. The van der Waals surface area contributed by atoms with E-state index < -0.39 is 0 Å². The highest BCUT2D eigenvalue weighted by Crippen LogP contribution is 2.24. The summed E-state index contributed by atoms with van der Waals surface area (Å²) in [6.07, 6.45) is 1.70. The molecular formula is C18H16FN3O. The Kier molecular flexibility index (Phi) is 3.93. The second-order valence-corrected chi connectivity index (χ2v) is 5.38. The van der Waals surface area contributed by atoms with Crippen LogP contribution in [0, 0.1) is 5.82 Å². The van der Waals surface area contributed by atoms with Crippen molar-refractivity contribution in [3.05, 3.63) is 72.2 Å². The van der Waals surface area contributed by atoms with Gasteiger partial charge >= 0.3 is 0 Å². The minimum Gasteiger partial charge on any atom is -0.345 e. The van der Waals surface area contributed by atoms with Crippen LogP contribution in [0.15, 0.2) is 60.8 Å². The predicted octanol–water partition coefficient (Wildman–Crippen LogP) is 3.38. The molecule has 0 aliphatic rings. The zero-order valence-electron chi connectivity index (χ0n) is 12.9. The number of carbonyl (C=O) groups is 1. The van der Waals surface area contributed by atoms with Crippen LogP contribution in [0.5, 0.6) is 0 Å². The highest BCUT2D eigenvalue weighted by Gasteiger charge is 2.19. The third kappa shape index (κ3) is 2.99. The number of amides is 1. The first-order valence-corrected chi connectivity index (χ1v) is 7.19. The average molecular weight is 309 g/mol. The topological polar surface area (TPSA) is 38.1 Å². The van der Waals surface area contributed by atoms with Gasteiger partial charge in [0.1, 0.15) is 11.5 Å². The summed E-state index contributed by atoms with van der Waals surface area (Å²) in [5.41, 5.74) is 2.57. The van der Waals surface area contributed by atoms with Gasteiger partial charge in [-0.2, -0.15) is 5.10 Å². The first-order chi connectivity index (χ1) is 11.1. The minimum atomic E-state index is -0.322. The third-order valence-corrected chi connectivity index (χ3v) is 3.49. The van der Waals surface area contributed by atoms with E-state index in [1.54, 1.807) is 37.1 Å². The van der Waals surface area contributed by atoms with Crippen LogP contribution in [0.25, 0.3) is 16.9 Å². The summed E-state index contributed by atoms with van der Waals surface area (Å²) in [6, 6.07) is 15.5. The summed E-state index contributed by atoms with van der Waals surface area (Å²) in [5.74, 6) is -0.469. The molecule has 0 saturated carbocycles. The fraction of sp³-hybridized carbons (Fsp3) is 0.111. The lowest BCUT2D eigenvalue weighted by atomic mass is 10.1. The molecule has 1 heterocycles. The SMILES string of the molecule is CN(C)C(=O)c1cn(-c2ccccc2)nc1-c1ccc(F)cc1. The lowest BCUT2D eigenvalue weighted by molar-refractivity contribution is 0.0828. The van der Waals surface area contributed by atoms with Gasteiger partial charge in [0.05, 0.1) is 11.3 Å². The van der Waals surface area contributed by atoms with E-state index in [9.17, 15) is 9.18 Å². The van der Waals surface area contributed by atoms with Crippen LogP contribution in [0.4, 0.5) is 4.39 Å². The van der Waals surface area contributed by atoms with Gasteiger partial charge in [0.25, 0.3) is 5.91 Å². The van der Waals surface area contributed by atoms with Crippen LogP contribution < -0.4 is 0 Å². The Bertz CT molecular complexity index is 823. The largest absolute Gasteiger partial charge is 0.345 e. The summed E-state index contributed by atoms with van der Waals surface area (Å²) in [7, 11) is 3.38. The van der Waals surface area contributed by atoms with Crippen molar-refractivity contribution in [1.29, 1.82) is 0 Å². The molecule has 3 rings (SSSR count). The molecule has 0 fully saturated rings. The van der Waals surface area contributed by atoms with Crippen molar-refractivity contribution in [1.82, 2.24) is 14.7 Å². The maximum absolute atomic E-state index is 13.2. The molecule has 4 nitrogen and oxygen atoms in total. The monoisotopic (exact) mass is 309 g/mol. The molecule has 0 aliphatic heterocycles. The Morgan fingerprint density at radius 2 is 1.70 bits per heavy atom. The van der Waals surface area contributed by atoms with E-state index in [4.69, 9.17) is 0 Å². The van der Waals surface area contributed by atoms with Gasteiger partial charge in [-0.3, -0.25) is 4.79 Å². The highest BCUT2D eigenvalue weighted by atomic mass is 19.1. The third-order valence-electron chi connectivity index (χ3n) is 3.49. The fourth-order valence-electron chi connectivity index (χ4n) is 2.31. The number of benzene rings is 2. The van der Waals surface area contributed by atoms with Gasteiger partial charge in [0.2, 0.25) is 0 Å². The van der Waals surface area contributed by atoms with E-state index in [2.05, 4.69) is 5.10 Å². The summed E-state index contributed by atoms with van der Waals surface area (Å²) in [5, 5.41) is 4.53. The molecule has 1 aromatic heterocycles. The second kappa shape index (κ2) is 6.04. The second-order valence-electron chi connectivity index (χ2n) is 5.38. The number of para-hydroxylation sites is 1. The Hall–Kier alpha value is -2.95. The average Bonchev–Trinajstić information content (AvgIpc) is 3.00. The Labute approximate surface area is 133 Å². The zero-order chi connectivity index (χ0) is 16.4. The van der Waals surface area contributed by atoms with Gasteiger partial charge in [-0.15, -0.1) is 0 Å². The van der Waals surface area contributed by atoms with E-state index in [1.165, 1.54) is 17.0 Å². The molecule has 1 amide bonds. The number of hydrogen-bond acceptors (Lipinski definition) is 2. The van der Waals surface area contributed by atoms with Crippen LogP contribution in [0.3, 0.4) is 0 Å². The molecule has 5 heteroatoms. The van der Waals surface area contributed by atoms with Gasteiger partial charge < -0.3 is 4.90 Å². The van der Waals surface area contributed by atoms with Gasteiger partial charge in [-0.25, -0.2) is 9.07 Å². The molecule has 0 N–H and O–H groups in total. The van der Waals surface area contributed by atoms with E-state index >= 15 is 0 Å². The van der Waals surface area contributed by atoms with E-state index in [-0.39, 0.29) is 11.7 Å². The molecule has 2 aromatic carbocycles. The molecule has 0 unspecified atom stereocenters. The van der Waals surface area contributed by atoms with Gasteiger partial charge in [-0.1, -0.05) is 18.2 Å². The fourth-order valence-corrected chi connectivity index (χ4v) is 2.31. The Morgan fingerprint density at radius 1 is 1.04 bits per heavy atom.